The van der Waals surface area contributed by atoms with E-state index in [9.17, 15) is 0 Å². The monoisotopic (exact) mass is 314 g/mol. The first kappa shape index (κ1) is 13.7. The highest BCUT2D eigenvalue weighted by molar-refractivity contribution is 7.13. The Morgan fingerprint density at radius 3 is 3.18 bits per heavy atom. The van der Waals surface area contributed by atoms with Crippen LogP contribution >= 0.6 is 11.3 Å². The van der Waals surface area contributed by atoms with Crippen molar-refractivity contribution in [3.8, 4) is 10.8 Å². The quantitative estimate of drug-likeness (QED) is 0.740. The van der Waals surface area contributed by atoms with Gasteiger partial charge in [-0.1, -0.05) is 6.07 Å². The minimum Gasteiger partial charge on any atom is -0.444 e. The Hall–Kier alpha value is -1.92. The summed E-state index contributed by atoms with van der Waals surface area (Å²) in [5, 5.41) is 6.34. The fourth-order valence-corrected chi connectivity index (χ4v) is 3.76. The van der Waals surface area contributed by atoms with E-state index in [1.807, 2.05) is 35.4 Å². The van der Waals surface area contributed by atoms with Crippen molar-refractivity contribution in [1.29, 1.82) is 0 Å². The van der Waals surface area contributed by atoms with Gasteiger partial charge in [-0.2, -0.15) is 5.10 Å². The minimum absolute atomic E-state index is 0.440. The average molecular weight is 314 g/mol. The van der Waals surface area contributed by atoms with Gasteiger partial charge in [0.15, 0.2) is 0 Å². The Bertz CT molecular complexity index is 746. The van der Waals surface area contributed by atoms with E-state index in [1.165, 1.54) is 18.4 Å². The van der Waals surface area contributed by atoms with Gasteiger partial charge in [-0.25, -0.2) is 4.98 Å². The number of thiophene rings is 1. The van der Waals surface area contributed by atoms with Crippen LogP contribution < -0.4 is 0 Å². The molecule has 0 bridgehead atoms. The third-order valence-corrected chi connectivity index (χ3v) is 4.98. The summed E-state index contributed by atoms with van der Waals surface area (Å²) in [6, 6.07) is 4.49. The van der Waals surface area contributed by atoms with E-state index >= 15 is 0 Å². The summed E-state index contributed by atoms with van der Waals surface area (Å²) >= 11 is 1.65. The Labute approximate surface area is 133 Å². The number of aromatic nitrogens is 3. The molecule has 114 valence electrons. The largest absolute Gasteiger partial charge is 0.444 e. The first-order valence-corrected chi connectivity index (χ1v) is 8.38. The SMILES string of the molecule is Cn1cc([C@H]2CCCN2Cc2coc(-c3cccs3)n2)cn1. The summed E-state index contributed by atoms with van der Waals surface area (Å²) in [6.07, 6.45) is 8.27. The van der Waals surface area contributed by atoms with Crippen molar-refractivity contribution in [2.45, 2.75) is 25.4 Å². The van der Waals surface area contributed by atoms with Gasteiger partial charge in [-0.05, 0) is 30.8 Å². The Balaban J connectivity index is 1.50. The molecule has 0 radical (unpaired) electrons. The van der Waals surface area contributed by atoms with Gasteiger partial charge in [0.2, 0.25) is 5.89 Å². The Morgan fingerprint density at radius 1 is 1.45 bits per heavy atom. The fraction of sp³-hybridized carbons (Fsp3) is 0.375. The van der Waals surface area contributed by atoms with E-state index in [-0.39, 0.29) is 0 Å². The second kappa shape index (κ2) is 5.70. The van der Waals surface area contributed by atoms with Crippen molar-refractivity contribution in [2.75, 3.05) is 6.54 Å². The lowest BCUT2D eigenvalue weighted by molar-refractivity contribution is 0.245. The fourth-order valence-electron chi connectivity index (χ4n) is 3.11. The summed E-state index contributed by atoms with van der Waals surface area (Å²) in [5.74, 6) is 0.724. The number of hydrogen-bond donors (Lipinski definition) is 0. The average Bonchev–Trinajstić information content (AvgIpc) is 3.26. The van der Waals surface area contributed by atoms with Crippen LogP contribution in [0.25, 0.3) is 10.8 Å². The molecule has 0 aromatic carbocycles. The maximum absolute atomic E-state index is 5.62. The molecule has 1 aliphatic heterocycles. The van der Waals surface area contributed by atoms with Crippen molar-refractivity contribution < 1.29 is 4.42 Å². The summed E-state index contributed by atoms with van der Waals surface area (Å²) in [6.45, 7) is 1.93. The van der Waals surface area contributed by atoms with Crippen LogP contribution in [0.4, 0.5) is 0 Å². The molecule has 0 unspecified atom stereocenters. The smallest absolute Gasteiger partial charge is 0.236 e. The van der Waals surface area contributed by atoms with Crippen LogP contribution in [0, 0.1) is 0 Å². The maximum atomic E-state index is 5.62. The predicted octanol–water partition coefficient (Wildman–Crippen LogP) is 3.47. The molecule has 0 aliphatic carbocycles. The highest BCUT2D eigenvalue weighted by Gasteiger charge is 2.27. The minimum atomic E-state index is 0.440. The van der Waals surface area contributed by atoms with Gasteiger partial charge in [-0.3, -0.25) is 9.58 Å². The van der Waals surface area contributed by atoms with Crippen LogP contribution in [0.3, 0.4) is 0 Å². The summed E-state index contributed by atoms with van der Waals surface area (Å²) in [5.41, 5.74) is 2.29. The molecule has 0 amide bonds. The zero-order chi connectivity index (χ0) is 14.9. The molecule has 5 nitrogen and oxygen atoms in total. The molecule has 22 heavy (non-hydrogen) atoms. The molecule has 3 aromatic rings. The van der Waals surface area contributed by atoms with Crippen LogP contribution in [-0.4, -0.2) is 26.2 Å². The van der Waals surface area contributed by atoms with E-state index in [1.54, 1.807) is 17.6 Å². The zero-order valence-corrected chi connectivity index (χ0v) is 13.3. The van der Waals surface area contributed by atoms with Gasteiger partial charge in [-0.15, -0.1) is 11.3 Å². The summed E-state index contributed by atoms with van der Waals surface area (Å²) in [4.78, 5) is 8.18. The number of hydrogen-bond acceptors (Lipinski definition) is 5. The molecular formula is C16H18N4OS. The zero-order valence-electron chi connectivity index (χ0n) is 12.5. The van der Waals surface area contributed by atoms with Crippen molar-refractivity contribution in [3.63, 3.8) is 0 Å². The van der Waals surface area contributed by atoms with Crippen LogP contribution in [0.5, 0.6) is 0 Å². The van der Waals surface area contributed by atoms with E-state index in [0.717, 1.165) is 29.6 Å². The highest BCUT2D eigenvalue weighted by Crippen LogP contribution is 2.33. The van der Waals surface area contributed by atoms with Gasteiger partial charge >= 0.3 is 0 Å². The maximum Gasteiger partial charge on any atom is 0.236 e. The first-order chi connectivity index (χ1) is 10.8. The Morgan fingerprint density at radius 2 is 2.41 bits per heavy atom. The first-order valence-electron chi connectivity index (χ1n) is 7.50. The molecule has 0 spiro atoms. The number of rotatable bonds is 4. The molecule has 1 fully saturated rings. The molecular weight excluding hydrogens is 296 g/mol. The van der Waals surface area contributed by atoms with Crippen LogP contribution in [0.15, 0.2) is 40.6 Å². The number of aryl methyl sites for hydroxylation is 1. The van der Waals surface area contributed by atoms with Gasteiger partial charge in [0.25, 0.3) is 0 Å². The number of likely N-dealkylation sites (tertiary alicyclic amines) is 1. The lowest BCUT2D eigenvalue weighted by atomic mass is 10.1. The van der Waals surface area contributed by atoms with E-state index in [2.05, 4.69) is 21.2 Å². The van der Waals surface area contributed by atoms with Crippen LogP contribution in [0.2, 0.25) is 0 Å². The summed E-state index contributed by atoms with van der Waals surface area (Å²) < 4.78 is 7.49. The highest BCUT2D eigenvalue weighted by atomic mass is 32.1. The number of oxazole rings is 1. The second-order valence-corrected chi connectivity index (χ2v) is 6.64. The van der Waals surface area contributed by atoms with Crippen molar-refractivity contribution >= 4 is 11.3 Å². The normalized spacial score (nSPS) is 19.0. The third-order valence-electron chi connectivity index (χ3n) is 4.12. The van der Waals surface area contributed by atoms with Crippen molar-refractivity contribution in [3.05, 3.63) is 47.4 Å². The molecule has 1 atom stereocenters. The molecule has 6 heteroatoms. The van der Waals surface area contributed by atoms with Crippen LogP contribution in [-0.2, 0) is 13.6 Å². The molecule has 3 aromatic heterocycles. The van der Waals surface area contributed by atoms with Crippen molar-refractivity contribution in [2.24, 2.45) is 7.05 Å². The molecule has 0 N–H and O–H groups in total. The predicted molar refractivity (Wildman–Crippen MR) is 85.4 cm³/mol. The molecule has 4 heterocycles. The van der Waals surface area contributed by atoms with E-state index in [4.69, 9.17) is 4.42 Å². The lowest BCUT2D eigenvalue weighted by Gasteiger charge is -2.22. The molecule has 4 rings (SSSR count). The van der Waals surface area contributed by atoms with Gasteiger partial charge in [0, 0.05) is 31.4 Å². The topological polar surface area (TPSA) is 47.1 Å². The summed E-state index contributed by atoms with van der Waals surface area (Å²) in [7, 11) is 1.97. The van der Waals surface area contributed by atoms with Gasteiger partial charge < -0.3 is 4.42 Å². The number of nitrogens with zero attached hydrogens (tertiary/aromatic N) is 4. The van der Waals surface area contributed by atoms with Gasteiger partial charge in [0.1, 0.15) is 6.26 Å². The molecule has 0 saturated carbocycles. The van der Waals surface area contributed by atoms with Gasteiger partial charge in [0.05, 0.1) is 16.8 Å². The van der Waals surface area contributed by atoms with E-state index in [0.29, 0.717) is 6.04 Å². The molecule has 1 aliphatic rings. The van der Waals surface area contributed by atoms with Crippen molar-refractivity contribution in [1.82, 2.24) is 19.7 Å². The molecule has 1 saturated heterocycles. The Kier molecular flexibility index (Phi) is 3.56. The van der Waals surface area contributed by atoms with Crippen LogP contribution in [0.1, 0.15) is 30.1 Å². The lowest BCUT2D eigenvalue weighted by Crippen LogP contribution is -2.22. The second-order valence-electron chi connectivity index (χ2n) is 5.70. The van der Waals surface area contributed by atoms with E-state index < -0.39 is 0 Å². The third kappa shape index (κ3) is 2.60. The standard InChI is InChI=1S/C16H18N4OS/c1-19-9-12(8-17-19)14-4-2-6-20(14)10-13-11-21-16(18-13)15-5-3-7-22-15/h3,5,7-9,11,14H,2,4,6,10H2,1H3/t14-/m1/s1.